The molecular weight excluding hydrogens is 246 g/mol. The van der Waals surface area contributed by atoms with E-state index >= 15 is 0 Å². The molecule has 0 spiro atoms. The van der Waals surface area contributed by atoms with E-state index in [1.165, 1.54) is 23.4 Å². The lowest BCUT2D eigenvalue weighted by molar-refractivity contribution is 0.561. The van der Waals surface area contributed by atoms with E-state index in [0.29, 0.717) is 5.92 Å². The number of imidazole rings is 1. The van der Waals surface area contributed by atoms with Crippen molar-refractivity contribution in [3.63, 3.8) is 0 Å². The standard InChI is InChI=1S/C12H15N5S/c13-11-10(8-1-2-8)12(18-15-11)17-6-5-16-4-3-14-9(16)7-17/h3-4,8H,1-2,5-7H2,(H2,13,15). The van der Waals surface area contributed by atoms with Gasteiger partial charge in [-0.1, -0.05) is 0 Å². The van der Waals surface area contributed by atoms with Crippen LogP contribution in [0.15, 0.2) is 12.4 Å². The van der Waals surface area contributed by atoms with Crippen molar-refractivity contribution < 1.29 is 0 Å². The third-order valence-electron chi connectivity index (χ3n) is 3.75. The molecule has 1 aliphatic carbocycles. The third kappa shape index (κ3) is 1.52. The van der Waals surface area contributed by atoms with Crippen molar-refractivity contribution in [2.75, 3.05) is 17.2 Å². The van der Waals surface area contributed by atoms with Crippen molar-refractivity contribution in [1.82, 2.24) is 13.9 Å². The summed E-state index contributed by atoms with van der Waals surface area (Å²) in [7, 11) is 0. The molecule has 0 aromatic carbocycles. The van der Waals surface area contributed by atoms with Crippen LogP contribution in [-0.4, -0.2) is 20.5 Å². The van der Waals surface area contributed by atoms with Gasteiger partial charge in [0.2, 0.25) is 0 Å². The summed E-state index contributed by atoms with van der Waals surface area (Å²) >= 11 is 1.54. The molecule has 0 saturated heterocycles. The minimum absolute atomic E-state index is 0.653. The number of hydrogen-bond acceptors (Lipinski definition) is 5. The Kier molecular flexibility index (Phi) is 2.14. The summed E-state index contributed by atoms with van der Waals surface area (Å²) in [6.07, 6.45) is 6.45. The molecule has 1 saturated carbocycles. The molecule has 3 heterocycles. The fourth-order valence-corrected chi connectivity index (χ4v) is 3.56. The predicted molar refractivity (Wildman–Crippen MR) is 71.8 cm³/mol. The Morgan fingerprint density at radius 1 is 1.33 bits per heavy atom. The van der Waals surface area contributed by atoms with Gasteiger partial charge in [0.15, 0.2) is 0 Å². The number of fused-ring (bicyclic) bond motifs is 1. The van der Waals surface area contributed by atoms with Crippen molar-refractivity contribution in [2.45, 2.75) is 31.8 Å². The summed E-state index contributed by atoms with van der Waals surface area (Å²) in [5, 5.41) is 1.27. The molecule has 4 rings (SSSR count). The summed E-state index contributed by atoms with van der Waals surface area (Å²) in [5.41, 5.74) is 7.31. The van der Waals surface area contributed by atoms with Crippen LogP contribution in [0.3, 0.4) is 0 Å². The first-order chi connectivity index (χ1) is 8.83. The van der Waals surface area contributed by atoms with Gasteiger partial charge in [-0.3, -0.25) is 0 Å². The molecule has 5 nitrogen and oxygen atoms in total. The van der Waals surface area contributed by atoms with Gasteiger partial charge in [-0.2, -0.15) is 4.37 Å². The van der Waals surface area contributed by atoms with Crippen molar-refractivity contribution in [3.05, 3.63) is 23.8 Å². The third-order valence-corrected chi connectivity index (χ3v) is 4.69. The lowest BCUT2D eigenvalue weighted by atomic mass is 10.2. The fourth-order valence-electron chi connectivity index (χ4n) is 2.63. The van der Waals surface area contributed by atoms with Gasteiger partial charge in [-0.05, 0) is 30.3 Å². The molecule has 0 atom stereocenters. The van der Waals surface area contributed by atoms with E-state index in [0.717, 1.165) is 31.3 Å². The lowest BCUT2D eigenvalue weighted by Crippen LogP contribution is -2.33. The van der Waals surface area contributed by atoms with Crippen molar-refractivity contribution >= 4 is 22.4 Å². The average Bonchev–Trinajstić information content (AvgIpc) is 2.98. The van der Waals surface area contributed by atoms with E-state index in [-0.39, 0.29) is 0 Å². The molecule has 0 radical (unpaired) electrons. The number of aromatic nitrogens is 3. The zero-order valence-corrected chi connectivity index (χ0v) is 10.9. The van der Waals surface area contributed by atoms with Crippen LogP contribution in [0.5, 0.6) is 0 Å². The minimum atomic E-state index is 0.653. The van der Waals surface area contributed by atoms with Gasteiger partial charge in [0.05, 0.1) is 6.54 Å². The SMILES string of the molecule is Nc1nsc(N2CCn3ccnc3C2)c1C1CC1. The van der Waals surface area contributed by atoms with Crippen molar-refractivity contribution in [1.29, 1.82) is 0 Å². The number of anilines is 2. The van der Waals surface area contributed by atoms with Crippen LogP contribution in [0.25, 0.3) is 0 Å². The highest BCUT2D eigenvalue weighted by molar-refractivity contribution is 7.10. The molecule has 2 aliphatic rings. The molecule has 94 valence electrons. The van der Waals surface area contributed by atoms with E-state index in [2.05, 4.69) is 25.0 Å². The number of nitrogen functional groups attached to an aromatic ring is 1. The van der Waals surface area contributed by atoms with E-state index < -0.39 is 0 Å². The maximum Gasteiger partial charge on any atom is 0.142 e. The van der Waals surface area contributed by atoms with Crippen LogP contribution in [0.2, 0.25) is 0 Å². The normalized spacial score (nSPS) is 19.0. The lowest BCUT2D eigenvalue weighted by Gasteiger charge is -2.28. The van der Waals surface area contributed by atoms with Gasteiger partial charge < -0.3 is 15.2 Å². The monoisotopic (exact) mass is 261 g/mol. The smallest absolute Gasteiger partial charge is 0.142 e. The Hall–Kier alpha value is -1.56. The maximum absolute atomic E-state index is 6.02. The second-order valence-corrected chi connectivity index (χ2v) is 5.77. The molecule has 2 aromatic heterocycles. The zero-order valence-electron chi connectivity index (χ0n) is 10.0. The molecule has 0 amide bonds. The summed E-state index contributed by atoms with van der Waals surface area (Å²) in [6.45, 7) is 2.89. The van der Waals surface area contributed by atoms with Crippen LogP contribution in [0.1, 0.15) is 30.1 Å². The first kappa shape index (κ1) is 10.4. The van der Waals surface area contributed by atoms with E-state index in [4.69, 9.17) is 5.73 Å². The minimum Gasteiger partial charge on any atom is -0.383 e. The number of nitrogens with zero attached hydrogens (tertiary/aromatic N) is 4. The predicted octanol–water partition coefficient (Wildman–Crippen LogP) is 1.82. The average molecular weight is 261 g/mol. The highest BCUT2D eigenvalue weighted by Crippen LogP contribution is 2.49. The van der Waals surface area contributed by atoms with Crippen LogP contribution in [0, 0.1) is 0 Å². The van der Waals surface area contributed by atoms with Crippen LogP contribution in [-0.2, 0) is 13.1 Å². The quantitative estimate of drug-likeness (QED) is 0.896. The Morgan fingerprint density at radius 3 is 3.06 bits per heavy atom. The van der Waals surface area contributed by atoms with Gasteiger partial charge in [-0.25, -0.2) is 4.98 Å². The highest BCUT2D eigenvalue weighted by atomic mass is 32.1. The summed E-state index contributed by atoms with van der Waals surface area (Å²) in [6, 6.07) is 0. The number of nitrogens with two attached hydrogens (primary N) is 1. The van der Waals surface area contributed by atoms with Gasteiger partial charge in [-0.15, -0.1) is 0 Å². The van der Waals surface area contributed by atoms with Crippen molar-refractivity contribution in [2.24, 2.45) is 0 Å². The van der Waals surface area contributed by atoms with E-state index in [1.54, 1.807) is 11.5 Å². The Labute approximate surface area is 109 Å². The van der Waals surface area contributed by atoms with Gasteiger partial charge in [0, 0.05) is 31.0 Å². The molecular formula is C12H15N5S. The summed E-state index contributed by atoms with van der Waals surface area (Å²) < 4.78 is 6.57. The Bertz CT molecular complexity index is 583. The van der Waals surface area contributed by atoms with E-state index in [1.807, 2.05) is 6.20 Å². The first-order valence-corrected chi connectivity index (χ1v) is 7.10. The topological polar surface area (TPSA) is 60.0 Å². The summed E-state index contributed by atoms with van der Waals surface area (Å²) in [4.78, 5) is 6.78. The second kappa shape index (κ2) is 3.71. The van der Waals surface area contributed by atoms with Crippen LogP contribution in [0.4, 0.5) is 10.8 Å². The van der Waals surface area contributed by atoms with Crippen molar-refractivity contribution in [3.8, 4) is 0 Å². The maximum atomic E-state index is 6.02. The van der Waals surface area contributed by atoms with Gasteiger partial charge >= 0.3 is 0 Å². The first-order valence-electron chi connectivity index (χ1n) is 6.33. The molecule has 0 bridgehead atoms. The fraction of sp³-hybridized carbons (Fsp3) is 0.500. The molecule has 1 aliphatic heterocycles. The zero-order chi connectivity index (χ0) is 12.1. The van der Waals surface area contributed by atoms with Crippen LogP contribution >= 0.6 is 11.5 Å². The van der Waals surface area contributed by atoms with Gasteiger partial charge in [0.25, 0.3) is 0 Å². The molecule has 1 fully saturated rings. The number of rotatable bonds is 2. The largest absolute Gasteiger partial charge is 0.383 e. The summed E-state index contributed by atoms with van der Waals surface area (Å²) in [5.74, 6) is 2.53. The highest BCUT2D eigenvalue weighted by Gasteiger charge is 2.33. The van der Waals surface area contributed by atoms with Crippen LogP contribution < -0.4 is 10.6 Å². The Morgan fingerprint density at radius 2 is 2.22 bits per heavy atom. The van der Waals surface area contributed by atoms with E-state index in [9.17, 15) is 0 Å². The molecule has 2 aromatic rings. The molecule has 2 N–H and O–H groups in total. The molecule has 6 heteroatoms. The number of hydrogen-bond donors (Lipinski definition) is 1. The second-order valence-electron chi connectivity index (χ2n) is 5.02. The molecule has 0 unspecified atom stereocenters. The Balaban J connectivity index is 1.68. The van der Waals surface area contributed by atoms with Gasteiger partial charge in [0.1, 0.15) is 16.6 Å². The molecule has 18 heavy (non-hydrogen) atoms.